The predicted molar refractivity (Wildman–Crippen MR) is 84.0 cm³/mol. The van der Waals surface area contributed by atoms with Crippen LogP contribution >= 0.6 is 0 Å². The highest BCUT2D eigenvalue weighted by atomic mass is 16.3. The van der Waals surface area contributed by atoms with Gasteiger partial charge in [-0.2, -0.15) is 0 Å². The number of aliphatic hydroxyl groups is 1. The summed E-state index contributed by atoms with van der Waals surface area (Å²) in [4.78, 5) is 12.1. The standard InChI is InChI=1S/C17H26N2O2/c1-13(14-8-4-2-5-9-14)18-17(21)19-16(12-20)15-10-6-3-7-11-15/h3,6-7,10-11,13-14,16,20H,2,4-5,8-9,12H2,1H3,(H2,18,19,21)/t13?,16-/m1/s1. The van der Waals surface area contributed by atoms with E-state index in [1.165, 1.54) is 32.1 Å². The smallest absolute Gasteiger partial charge is 0.315 e. The molecule has 0 heterocycles. The zero-order valence-corrected chi connectivity index (χ0v) is 12.7. The lowest BCUT2D eigenvalue weighted by Gasteiger charge is -2.29. The number of nitrogens with one attached hydrogen (secondary N) is 2. The van der Waals surface area contributed by atoms with Crippen molar-refractivity contribution in [2.45, 2.75) is 51.1 Å². The van der Waals surface area contributed by atoms with Crippen LogP contribution in [-0.4, -0.2) is 23.8 Å². The van der Waals surface area contributed by atoms with E-state index in [2.05, 4.69) is 17.6 Å². The Kier molecular flexibility index (Phi) is 6.05. The summed E-state index contributed by atoms with van der Waals surface area (Å²) in [6.07, 6.45) is 6.24. The summed E-state index contributed by atoms with van der Waals surface area (Å²) in [5.74, 6) is 0.578. The third kappa shape index (κ3) is 4.74. The van der Waals surface area contributed by atoms with E-state index in [1.54, 1.807) is 0 Å². The Hall–Kier alpha value is -1.55. The van der Waals surface area contributed by atoms with Crippen molar-refractivity contribution in [3.8, 4) is 0 Å². The largest absolute Gasteiger partial charge is 0.394 e. The molecule has 116 valence electrons. The van der Waals surface area contributed by atoms with E-state index in [0.717, 1.165) is 5.56 Å². The van der Waals surface area contributed by atoms with Crippen LogP contribution < -0.4 is 10.6 Å². The van der Waals surface area contributed by atoms with Crippen molar-refractivity contribution in [2.24, 2.45) is 5.92 Å². The molecule has 0 radical (unpaired) electrons. The molecule has 1 aromatic carbocycles. The van der Waals surface area contributed by atoms with Crippen LogP contribution in [0.15, 0.2) is 30.3 Å². The fourth-order valence-corrected chi connectivity index (χ4v) is 3.08. The third-order valence-electron chi connectivity index (χ3n) is 4.41. The number of hydrogen-bond donors (Lipinski definition) is 3. The second kappa shape index (κ2) is 8.03. The molecule has 1 aliphatic rings. The molecule has 21 heavy (non-hydrogen) atoms. The Labute approximate surface area is 126 Å². The van der Waals surface area contributed by atoms with Crippen LogP contribution in [-0.2, 0) is 0 Å². The highest BCUT2D eigenvalue weighted by molar-refractivity contribution is 5.74. The van der Waals surface area contributed by atoms with Gasteiger partial charge in [0.2, 0.25) is 0 Å². The molecule has 1 fully saturated rings. The molecule has 3 N–H and O–H groups in total. The molecule has 0 bridgehead atoms. The van der Waals surface area contributed by atoms with E-state index in [-0.39, 0.29) is 24.7 Å². The van der Waals surface area contributed by atoms with Gasteiger partial charge in [-0.15, -0.1) is 0 Å². The van der Waals surface area contributed by atoms with Gasteiger partial charge >= 0.3 is 6.03 Å². The first-order valence-electron chi connectivity index (χ1n) is 7.93. The van der Waals surface area contributed by atoms with Crippen molar-refractivity contribution >= 4 is 6.03 Å². The van der Waals surface area contributed by atoms with Crippen LogP contribution in [0.25, 0.3) is 0 Å². The average molecular weight is 290 g/mol. The summed E-state index contributed by atoms with van der Waals surface area (Å²) >= 11 is 0. The van der Waals surface area contributed by atoms with Crippen LogP contribution in [0.2, 0.25) is 0 Å². The topological polar surface area (TPSA) is 61.4 Å². The first-order chi connectivity index (χ1) is 10.2. The van der Waals surface area contributed by atoms with Gasteiger partial charge in [-0.1, -0.05) is 49.6 Å². The summed E-state index contributed by atoms with van der Waals surface area (Å²) in [5.41, 5.74) is 0.917. The molecule has 2 atom stereocenters. The Morgan fingerprint density at radius 2 is 1.86 bits per heavy atom. The second-order valence-corrected chi connectivity index (χ2v) is 5.95. The number of hydrogen-bond acceptors (Lipinski definition) is 2. The minimum atomic E-state index is -0.357. The third-order valence-corrected chi connectivity index (χ3v) is 4.41. The van der Waals surface area contributed by atoms with Gasteiger partial charge in [0, 0.05) is 6.04 Å². The van der Waals surface area contributed by atoms with E-state index < -0.39 is 0 Å². The van der Waals surface area contributed by atoms with Crippen molar-refractivity contribution < 1.29 is 9.90 Å². The Balaban J connectivity index is 1.85. The Morgan fingerprint density at radius 1 is 1.19 bits per heavy atom. The summed E-state index contributed by atoms with van der Waals surface area (Å²) in [6.45, 7) is 1.97. The molecular weight excluding hydrogens is 264 g/mol. The van der Waals surface area contributed by atoms with Crippen molar-refractivity contribution in [1.29, 1.82) is 0 Å². The number of carbonyl (C=O) groups is 1. The summed E-state index contributed by atoms with van der Waals surface area (Å²) in [7, 11) is 0. The second-order valence-electron chi connectivity index (χ2n) is 5.95. The van der Waals surface area contributed by atoms with Crippen molar-refractivity contribution in [1.82, 2.24) is 10.6 Å². The van der Waals surface area contributed by atoms with Crippen LogP contribution in [0, 0.1) is 5.92 Å². The molecule has 1 aromatic rings. The van der Waals surface area contributed by atoms with E-state index >= 15 is 0 Å². The molecular formula is C17H26N2O2. The van der Waals surface area contributed by atoms with Crippen LogP contribution in [0.1, 0.15) is 50.6 Å². The van der Waals surface area contributed by atoms with Gasteiger partial charge in [0.1, 0.15) is 0 Å². The SMILES string of the molecule is CC(NC(=O)N[C@H](CO)c1ccccc1)C1CCCCC1. The minimum absolute atomic E-state index is 0.102. The normalized spacial score (nSPS) is 18.8. The fourth-order valence-electron chi connectivity index (χ4n) is 3.08. The first kappa shape index (κ1) is 15.8. The zero-order valence-electron chi connectivity index (χ0n) is 12.7. The van der Waals surface area contributed by atoms with Crippen LogP contribution in [0.4, 0.5) is 4.79 Å². The van der Waals surface area contributed by atoms with Crippen molar-refractivity contribution in [3.63, 3.8) is 0 Å². The number of amides is 2. The summed E-state index contributed by atoms with van der Waals surface area (Å²) < 4.78 is 0. The predicted octanol–water partition coefficient (Wildman–Crippen LogP) is 2.99. The quantitative estimate of drug-likeness (QED) is 0.780. The van der Waals surface area contributed by atoms with Crippen molar-refractivity contribution in [2.75, 3.05) is 6.61 Å². The maximum atomic E-state index is 12.1. The lowest BCUT2D eigenvalue weighted by molar-refractivity contribution is 0.206. The van der Waals surface area contributed by atoms with Gasteiger partial charge in [-0.05, 0) is 31.2 Å². The van der Waals surface area contributed by atoms with Crippen LogP contribution in [0.5, 0.6) is 0 Å². The molecule has 0 aliphatic heterocycles. The molecule has 2 amide bonds. The van der Waals surface area contributed by atoms with E-state index in [0.29, 0.717) is 5.92 Å². The lowest BCUT2D eigenvalue weighted by Crippen LogP contribution is -2.46. The van der Waals surface area contributed by atoms with E-state index in [1.807, 2.05) is 30.3 Å². The number of rotatable bonds is 5. The highest BCUT2D eigenvalue weighted by Crippen LogP contribution is 2.26. The van der Waals surface area contributed by atoms with E-state index in [9.17, 15) is 9.90 Å². The Bertz CT molecular complexity index is 430. The lowest BCUT2D eigenvalue weighted by atomic mass is 9.85. The molecule has 0 aromatic heterocycles. The highest BCUT2D eigenvalue weighted by Gasteiger charge is 2.22. The van der Waals surface area contributed by atoms with E-state index in [4.69, 9.17) is 0 Å². The van der Waals surface area contributed by atoms with Gasteiger partial charge in [0.25, 0.3) is 0 Å². The molecule has 4 nitrogen and oxygen atoms in total. The number of benzene rings is 1. The molecule has 4 heteroatoms. The van der Waals surface area contributed by atoms with Gasteiger partial charge in [-0.25, -0.2) is 4.79 Å². The number of aliphatic hydroxyl groups excluding tert-OH is 1. The summed E-state index contributed by atoms with van der Waals surface area (Å²) in [5, 5.41) is 15.3. The molecule has 0 saturated heterocycles. The molecule has 1 unspecified atom stereocenters. The fraction of sp³-hybridized carbons (Fsp3) is 0.588. The first-order valence-corrected chi connectivity index (χ1v) is 7.93. The molecule has 0 spiro atoms. The minimum Gasteiger partial charge on any atom is -0.394 e. The maximum absolute atomic E-state index is 12.1. The number of urea groups is 1. The van der Waals surface area contributed by atoms with Gasteiger partial charge in [0.15, 0.2) is 0 Å². The molecule has 1 saturated carbocycles. The van der Waals surface area contributed by atoms with Crippen molar-refractivity contribution in [3.05, 3.63) is 35.9 Å². The van der Waals surface area contributed by atoms with Gasteiger partial charge < -0.3 is 15.7 Å². The van der Waals surface area contributed by atoms with Crippen LogP contribution in [0.3, 0.4) is 0 Å². The maximum Gasteiger partial charge on any atom is 0.315 e. The average Bonchev–Trinajstić information content (AvgIpc) is 2.54. The van der Waals surface area contributed by atoms with Gasteiger partial charge in [-0.3, -0.25) is 0 Å². The number of carbonyl (C=O) groups excluding carboxylic acids is 1. The monoisotopic (exact) mass is 290 g/mol. The van der Waals surface area contributed by atoms with Gasteiger partial charge in [0.05, 0.1) is 12.6 Å². The Morgan fingerprint density at radius 3 is 2.48 bits per heavy atom. The summed E-state index contributed by atoms with van der Waals surface area (Å²) in [6, 6.07) is 9.17. The zero-order chi connectivity index (χ0) is 15.1. The molecule has 2 rings (SSSR count). The molecule has 1 aliphatic carbocycles.